The molecule has 0 atom stereocenters. The van der Waals surface area contributed by atoms with Gasteiger partial charge in [0.1, 0.15) is 5.82 Å². The Labute approximate surface area is 105 Å². The minimum Gasteiger partial charge on any atom is -0.305 e. The summed E-state index contributed by atoms with van der Waals surface area (Å²) in [4.78, 5) is 4.36. The third-order valence-corrected chi connectivity index (χ3v) is 3.01. The summed E-state index contributed by atoms with van der Waals surface area (Å²) in [5.41, 5.74) is 2.61. The predicted molar refractivity (Wildman–Crippen MR) is 73.6 cm³/mol. The van der Waals surface area contributed by atoms with Crippen LogP contribution in [-0.4, -0.2) is 15.3 Å². The Kier molecular flexibility index (Phi) is 2.45. The molecule has 88 valence electrons. The van der Waals surface area contributed by atoms with E-state index in [2.05, 4.69) is 11.1 Å². The lowest BCUT2D eigenvalue weighted by molar-refractivity contribution is 1.04. The number of rotatable bonds is 2. The smallest absolute Gasteiger partial charge is 0.137 e. The van der Waals surface area contributed by atoms with Crippen LogP contribution in [0.4, 0.5) is 0 Å². The fourth-order valence-electron chi connectivity index (χ4n) is 2.16. The molecule has 1 aromatic carbocycles. The van der Waals surface area contributed by atoms with Crippen molar-refractivity contribution in [3.8, 4) is 5.82 Å². The van der Waals surface area contributed by atoms with Crippen molar-refractivity contribution in [2.24, 2.45) is 0 Å². The lowest BCUT2D eigenvalue weighted by Crippen LogP contribution is -1.94. The van der Waals surface area contributed by atoms with Crippen molar-refractivity contribution in [3.05, 3.63) is 60.4 Å². The van der Waals surface area contributed by atoms with Gasteiger partial charge in [-0.25, -0.2) is 4.98 Å². The molecule has 0 aliphatic rings. The van der Waals surface area contributed by atoms with Gasteiger partial charge in [0.25, 0.3) is 0 Å². The standard InChI is InChI=1S/C15H13N3/c1-11(16)13-10-18(15-8-4-5-9-17-15)14-7-3-2-6-12(13)14/h2-10,16H,1H3. The molecule has 0 aliphatic heterocycles. The second-order valence-electron chi connectivity index (χ2n) is 4.24. The number of benzene rings is 1. The number of pyridine rings is 1. The molecule has 3 aromatic rings. The molecule has 0 unspecified atom stereocenters. The molecular formula is C15H13N3. The van der Waals surface area contributed by atoms with Gasteiger partial charge in [0.2, 0.25) is 0 Å². The van der Waals surface area contributed by atoms with Gasteiger partial charge in [-0.15, -0.1) is 0 Å². The second kappa shape index (κ2) is 4.11. The minimum atomic E-state index is 0.570. The van der Waals surface area contributed by atoms with Gasteiger partial charge in [0, 0.05) is 29.1 Å². The van der Waals surface area contributed by atoms with Gasteiger partial charge in [-0.05, 0) is 25.1 Å². The summed E-state index contributed by atoms with van der Waals surface area (Å²) in [5, 5.41) is 8.95. The maximum absolute atomic E-state index is 7.86. The van der Waals surface area contributed by atoms with E-state index in [1.807, 2.05) is 54.1 Å². The van der Waals surface area contributed by atoms with Crippen LogP contribution in [0.15, 0.2) is 54.9 Å². The largest absolute Gasteiger partial charge is 0.305 e. The first-order chi connectivity index (χ1) is 8.77. The SMILES string of the molecule is CC(=N)c1cn(-c2ccccn2)c2ccccc12. The first kappa shape index (κ1) is 10.7. The molecule has 0 fully saturated rings. The lowest BCUT2D eigenvalue weighted by atomic mass is 10.1. The van der Waals surface area contributed by atoms with E-state index < -0.39 is 0 Å². The van der Waals surface area contributed by atoms with Crippen LogP contribution in [0.25, 0.3) is 16.7 Å². The second-order valence-corrected chi connectivity index (χ2v) is 4.24. The van der Waals surface area contributed by atoms with Crippen LogP contribution in [0.1, 0.15) is 12.5 Å². The van der Waals surface area contributed by atoms with Gasteiger partial charge in [-0.2, -0.15) is 0 Å². The number of nitrogens with zero attached hydrogens (tertiary/aromatic N) is 2. The minimum absolute atomic E-state index is 0.570. The lowest BCUT2D eigenvalue weighted by Gasteiger charge is -2.02. The van der Waals surface area contributed by atoms with Crippen LogP contribution < -0.4 is 0 Å². The molecule has 3 nitrogen and oxygen atoms in total. The number of nitrogens with one attached hydrogen (secondary N) is 1. The first-order valence-corrected chi connectivity index (χ1v) is 5.84. The molecule has 0 spiro atoms. The van der Waals surface area contributed by atoms with E-state index in [1.165, 1.54) is 0 Å². The van der Waals surface area contributed by atoms with Crippen molar-refractivity contribution in [3.63, 3.8) is 0 Å². The average Bonchev–Trinajstić information content (AvgIpc) is 2.79. The van der Waals surface area contributed by atoms with Gasteiger partial charge in [-0.1, -0.05) is 24.3 Å². The van der Waals surface area contributed by atoms with Crippen molar-refractivity contribution in [2.75, 3.05) is 0 Å². The highest BCUT2D eigenvalue weighted by Crippen LogP contribution is 2.24. The van der Waals surface area contributed by atoms with Crippen molar-refractivity contribution in [1.29, 1.82) is 5.41 Å². The number of hydrogen-bond acceptors (Lipinski definition) is 2. The van der Waals surface area contributed by atoms with Crippen LogP contribution in [0.3, 0.4) is 0 Å². The number of hydrogen-bond donors (Lipinski definition) is 1. The van der Waals surface area contributed by atoms with E-state index in [1.54, 1.807) is 6.20 Å². The number of fused-ring (bicyclic) bond motifs is 1. The van der Waals surface area contributed by atoms with E-state index in [0.29, 0.717) is 5.71 Å². The number of para-hydroxylation sites is 1. The Balaban J connectivity index is 2.34. The van der Waals surface area contributed by atoms with E-state index in [9.17, 15) is 0 Å². The monoisotopic (exact) mass is 235 g/mol. The molecule has 3 rings (SSSR count). The summed E-state index contributed by atoms with van der Waals surface area (Å²) in [7, 11) is 0. The summed E-state index contributed by atoms with van der Waals surface area (Å²) in [6.45, 7) is 1.81. The van der Waals surface area contributed by atoms with Crippen LogP contribution in [0, 0.1) is 5.41 Å². The highest BCUT2D eigenvalue weighted by atomic mass is 15.0. The molecule has 0 radical (unpaired) electrons. The third-order valence-electron chi connectivity index (χ3n) is 3.01. The fourth-order valence-corrected chi connectivity index (χ4v) is 2.16. The molecule has 1 N–H and O–H groups in total. The maximum Gasteiger partial charge on any atom is 0.137 e. The molecule has 2 aromatic heterocycles. The van der Waals surface area contributed by atoms with Crippen LogP contribution >= 0.6 is 0 Å². The van der Waals surface area contributed by atoms with Gasteiger partial charge in [-0.3, -0.25) is 0 Å². The Hall–Kier alpha value is -2.42. The van der Waals surface area contributed by atoms with Gasteiger partial charge < -0.3 is 9.98 Å². The summed E-state index contributed by atoms with van der Waals surface area (Å²) in [6, 6.07) is 13.9. The molecule has 0 bridgehead atoms. The normalized spacial score (nSPS) is 10.7. The molecule has 0 amide bonds. The fraction of sp³-hybridized carbons (Fsp3) is 0.0667. The van der Waals surface area contributed by atoms with Crippen molar-refractivity contribution >= 4 is 16.6 Å². The van der Waals surface area contributed by atoms with Crippen molar-refractivity contribution < 1.29 is 0 Å². The zero-order valence-electron chi connectivity index (χ0n) is 10.1. The van der Waals surface area contributed by atoms with Crippen LogP contribution in [-0.2, 0) is 0 Å². The molecule has 0 saturated carbocycles. The predicted octanol–water partition coefficient (Wildman–Crippen LogP) is 3.41. The molecular weight excluding hydrogens is 222 g/mol. The zero-order valence-corrected chi connectivity index (χ0v) is 10.1. The Bertz CT molecular complexity index is 711. The van der Waals surface area contributed by atoms with Crippen molar-refractivity contribution in [2.45, 2.75) is 6.92 Å². The molecule has 18 heavy (non-hydrogen) atoms. The van der Waals surface area contributed by atoms with E-state index in [-0.39, 0.29) is 0 Å². The molecule has 3 heteroatoms. The molecule has 0 aliphatic carbocycles. The molecule has 0 saturated heterocycles. The topological polar surface area (TPSA) is 41.7 Å². The third kappa shape index (κ3) is 1.61. The van der Waals surface area contributed by atoms with Gasteiger partial charge in [0.15, 0.2) is 0 Å². The maximum atomic E-state index is 7.86. The summed E-state index contributed by atoms with van der Waals surface area (Å²) < 4.78 is 2.03. The van der Waals surface area contributed by atoms with Gasteiger partial charge in [0.05, 0.1) is 5.52 Å². The Morgan fingerprint density at radius 1 is 1.11 bits per heavy atom. The highest BCUT2D eigenvalue weighted by molar-refractivity contribution is 6.08. The summed E-state index contributed by atoms with van der Waals surface area (Å²) in [5.74, 6) is 0.876. The number of aromatic nitrogens is 2. The Morgan fingerprint density at radius 3 is 2.61 bits per heavy atom. The highest BCUT2D eigenvalue weighted by Gasteiger charge is 2.10. The van der Waals surface area contributed by atoms with E-state index in [4.69, 9.17) is 5.41 Å². The first-order valence-electron chi connectivity index (χ1n) is 5.84. The van der Waals surface area contributed by atoms with E-state index in [0.717, 1.165) is 22.3 Å². The van der Waals surface area contributed by atoms with Gasteiger partial charge >= 0.3 is 0 Å². The van der Waals surface area contributed by atoms with Crippen LogP contribution in [0.5, 0.6) is 0 Å². The van der Waals surface area contributed by atoms with Crippen molar-refractivity contribution in [1.82, 2.24) is 9.55 Å². The van der Waals surface area contributed by atoms with E-state index >= 15 is 0 Å². The Morgan fingerprint density at radius 2 is 1.89 bits per heavy atom. The quantitative estimate of drug-likeness (QED) is 0.679. The molecule has 2 heterocycles. The average molecular weight is 235 g/mol. The zero-order chi connectivity index (χ0) is 12.5. The summed E-state index contributed by atoms with van der Waals surface area (Å²) >= 11 is 0. The van der Waals surface area contributed by atoms with Crippen LogP contribution in [0.2, 0.25) is 0 Å². The summed E-state index contributed by atoms with van der Waals surface area (Å²) in [6.07, 6.45) is 3.76.